The van der Waals surface area contributed by atoms with Crippen LogP contribution in [0.2, 0.25) is 0 Å². The number of rotatable bonds is 49. The highest BCUT2D eigenvalue weighted by Gasteiger charge is 2.42. The van der Waals surface area contributed by atoms with Crippen LogP contribution in [-0.2, 0) is 86.3 Å². The van der Waals surface area contributed by atoms with E-state index in [1.165, 1.54) is 19.1 Å². The van der Waals surface area contributed by atoms with Crippen molar-refractivity contribution >= 4 is 121 Å². The van der Waals surface area contributed by atoms with Crippen LogP contribution in [0.25, 0.3) is 0 Å². The van der Waals surface area contributed by atoms with Crippen LogP contribution in [0, 0.1) is 12.8 Å². The summed E-state index contributed by atoms with van der Waals surface area (Å²) in [7, 11) is -4.55. The largest absolute Gasteiger partial charge is 0.768 e. The first-order chi connectivity index (χ1) is 54.3. The van der Waals surface area contributed by atoms with Gasteiger partial charge in [0.25, 0.3) is 10.1 Å². The van der Waals surface area contributed by atoms with E-state index in [2.05, 4.69) is 51.8 Å². The molecule has 630 valence electrons. The average Bonchev–Trinajstić information content (AvgIpc) is 1.59. The minimum atomic E-state index is -4.55. The number of allylic oxidation sites excluding steroid dienone is 6. The Labute approximate surface area is 678 Å². The molecule has 3 aromatic carbocycles. The Morgan fingerprint density at radius 3 is 1.90 bits per heavy atom. The maximum atomic E-state index is 14.6. The van der Waals surface area contributed by atoms with Crippen molar-refractivity contribution in [1.82, 2.24) is 36.8 Å². The number of anilines is 1. The van der Waals surface area contributed by atoms with Crippen molar-refractivity contribution in [3.05, 3.63) is 125 Å². The van der Waals surface area contributed by atoms with Gasteiger partial charge in [0.2, 0.25) is 53.2 Å². The quantitative estimate of drug-likeness (QED) is 0.00554. The number of nitrogens with two attached hydrogens (primary N) is 7. The van der Waals surface area contributed by atoms with Gasteiger partial charge in [0.05, 0.1) is 16.8 Å². The minimum Gasteiger partial charge on any atom is -0.768 e. The highest BCUT2D eigenvalue weighted by molar-refractivity contribution is 8.00. The number of nitrogens with zero attached hydrogens (tertiary/aromatic N) is 6. The number of thioether (sulfide) groups is 1. The number of nitrogens with one attached hydrogen (secondary N) is 6. The molecule has 0 aromatic heterocycles. The van der Waals surface area contributed by atoms with E-state index in [0.29, 0.717) is 61.9 Å². The third-order valence-corrected chi connectivity index (χ3v) is 21.9. The predicted octanol–water partition coefficient (Wildman–Crippen LogP) is 1.35. The molecule has 9 amide bonds. The monoisotopic (exact) mass is 1650 g/mol. The molecule has 3 aromatic rings. The van der Waals surface area contributed by atoms with Crippen LogP contribution >= 0.6 is 11.8 Å². The molecule has 0 saturated carbocycles. The molecule has 2 heterocycles. The lowest BCUT2D eigenvalue weighted by Crippen LogP contribution is -2.57. The maximum absolute atomic E-state index is 14.6. The number of hydrogen-bond donors (Lipinski definition) is 14. The van der Waals surface area contributed by atoms with Gasteiger partial charge in [0.1, 0.15) is 30.8 Å². The van der Waals surface area contributed by atoms with E-state index in [-0.39, 0.29) is 136 Å². The second-order valence-corrected chi connectivity index (χ2v) is 32.3. The molecule has 2 aliphatic heterocycles. The first-order valence-corrected chi connectivity index (χ1v) is 41.4. The van der Waals surface area contributed by atoms with Gasteiger partial charge in [-0.05, 0) is 148 Å². The smallest absolute Gasteiger partial charge is 0.294 e. The Bertz CT molecular complexity index is 4310. The molecule has 0 bridgehead atoms. The second kappa shape index (κ2) is 46.2. The molecule has 5 rings (SSSR count). The van der Waals surface area contributed by atoms with Crippen LogP contribution in [-0.4, -0.2) is 210 Å². The number of aryl methyl sites for hydroxylation is 1. The summed E-state index contributed by atoms with van der Waals surface area (Å²) in [6, 6.07) is 10.6. The Morgan fingerprint density at radius 1 is 0.713 bits per heavy atom. The number of guanidine groups is 3. The third kappa shape index (κ3) is 30.7. The Morgan fingerprint density at radius 2 is 1.32 bits per heavy atom. The molecule has 21 N–H and O–H groups in total. The van der Waals surface area contributed by atoms with Crippen molar-refractivity contribution in [3.8, 4) is 0 Å². The summed E-state index contributed by atoms with van der Waals surface area (Å²) in [5, 5.41) is 15.0. The third-order valence-electron chi connectivity index (χ3n) is 19.1. The van der Waals surface area contributed by atoms with Crippen molar-refractivity contribution in [2.75, 3.05) is 76.2 Å². The number of ether oxygens (including phenoxy) is 1. The summed E-state index contributed by atoms with van der Waals surface area (Å²) in [5.41, 5.74) is 43.1. The van der Waals surface area contributed by atoms with Gasteiger partial charge in [-0.2, -0.15) is 8.42 Å². The molecule has 1 saturated heterocycles. The van der Waals surface area contributed by atoms with Crippen molar-refractivity contribution in [1.29, 1.82) is 0 Å². The van der Waals surface area contributed by atoms with Crippen molar-refractivity contribution in [3.63, 3.8) is 0 Å². The maximum Gasteiger partial charge on any atom is 0.294 e. The van der Waals surface area contributed by atoms with Crippen molar-refractivity contribution in [2.24, 2.45) is 66.0 Å². The van der Waals surface area contributed by atoms with E-state index in [1.807, 2.05) is 71.9 Å². The normalized spacial score (nSPS) is 16.1. The second-order valence-electron chi connectivity index (χ2n) is 28.7. The number of fused-ring (bicyclic) bond motifs is 1. The molecular weight excluding hydrogens is 1540 g/mol. The number of carbonyl (C=O) groups is 10. The molecule has 38 heteroatoms. The van der Waals surface area contributed by atoms with Crippen LogP contribution in [0.5, 0.6) is 0 Å². The first-order valence-electron chi connectivity index (χ1n) is 37.8. The molecule has 0 radical (unpaired) electrons. The topological polar surface area (TPSA) is 585 Å². The number of carbonyl (C=O) groups excluding carboxylic acids is 10. The molecule has 2 unspecified atom stereocenters. The number of benzene rings is 3. The standard InChI is InChI=1S/C77H113N19O16S3/c1-9-85-62(76(5,6)54-42-52(114(107)108)30-25-47(54)2)22-12-10-13-23-63-77(7,8)55-43-53(115(109,110)111)31-32-60(55)95(63)38-15-11-14-24-64(98)86-36-39-96-66(100)44-61(72(96)106)113-46-59(69(103)87-37-40-112-45-65(99)91-58(67(78)101)41-50-26-28-51(29-27-50)49(4)97)94-71(105)57(21-18-35-90-75(83)84)93-70(104)56(20-17-34-89-74(81)82)92-68(102)48(3)19-16-33-88-73(79)80/h10,12-13,22-23,25-32,42-43,48,56-59,61H,9,11,14-21,24,33-41,44-46H2,1-8H3,(H2,78,101)(H,86,98)(H,87,103)(H,91,99)(H,92,102)(H,93,104)(H,94,105)(H,107,108)(H4,79,80,88)(H4,81,82,89)(H4,83,84,90)(H,109,110,111)/p-1/b13-10+,22-12+,63-23+,85-62?/t48-,56-,57-,58+,59-,61?/m1/s1. The Balaban J connectivity index is 1.26. The highest BCUT2D eigenvalue weighted by Crippen LogP contribution is 2.49. The van der Waals surface area contributed by atoms with E-state index in [9.17, 15) is 69.7 Å². The lowest BCUT2D eigenvalue weighted by molar-refractivity contribution is -0.138. The van der Waals surface area contributed by atoms with E-state index >= 15 is 0 Å². The number of Topliss-reactive ketones (excluding diaryl/α,β-unsaturated/α-hetero) is 1. The Hall–Kier alpha value is -10.4. The minimum absolute atomic E-state index is 0.00537. The van der Waals surface area contributed by atoms with Crippen molar-refractivity contribution in [2.45, 2.75) is 182 Å². The molecule has 35 nitrogen and oxygen atoms in total. The summed E-state index contributed by atoms with van der Waals surface area (Å²) in [5.74, 6) is -7.76. The lowest BCUT2D eigenvalue weighted by atomic mass is 9.77. The van der Waals surface area contributed by atoms with Crippen LogP contribution in [0.1, 0.15) is 152 Å². The van der Waals surface area contributed by atoms with Gasteiger partial charge in [-0.1, -0.05) is 89.6 Å². The van der Waals surface area contributed by atoms with Crippen molar-refractivity contribution < 1.29 is 74.4 Å². The van der Waals surface area contributed by atoms with Crippen LogP contribution in [0.3, 0.4) is 0 Å². The molecule has 2 aliphatic rings. The van der Waals surface area contributed by atoms with Gasteiger partial charge in [-0.15, -0.1) is 11.8 Å². The molecule has 0 aliphatic carbocycles. The van der Waals surface area contributed by atoms with Gasteiger partial charge < -0.3 is 86.2 Å². The number of imide groups is 1. The van der Waals surface area contributed by atoms with Crippen LogP contribution < -0.4 is 76.9 Å². The van der Waals surface area contributed by atoms with E-state index in [1.54, 1.807) is 55.5 Å². The number of primary amides is 1. The summed E-state index contributed by atoms with van der Waals surface area (Å²) >= 11 is -1.53. The zero-order valence-corrected chi connectivity index (χ0v) is 68.9. The van der Waals surface area contributed by atoms with Gasteiger partial charge >= 0.3 is 0 Å². The van der Waals surface area contributed by atoms with E-state index in [0.717, 1.165) is 44.9 Å². The summed E-state index contributed by atoms with van der Waals surface area (Å²) < 4.78 is 64.1. The SMILES string of the molecule is CCN=C(/C=C/C=C/C=C1/N(CCCCCC(=O)NCCN2C(=O)CC(SC[C@@H](NC(=O)[C@@H](CCCN=C(N)N)NC(=O)[C@@H](CCCN=C(N)N)NC(=O)[C@H](C)CCCN=C(N)N)C(=O)NCCOCC(=O)N[C@@H](Cc3ccc(C(C)=O)cc3)C(N)=O)C2=O)c2ccc(S(=O)(=O)O)cc2C1(C)C)C(C)(C)c1cc(S(=O)[O-])ccc1C. The summed E-state index contributed by atoms with van der Waals surface area (Å²) in [4.78, 5) is 154. The molecule has 0 spiro atoms. The number of unbranched alkanes of at least 4 members (excludes halogenated alkanes) is 2. The summed E-state index contributed by atoms with van der Waals surface area (Å²) in [6.07, 6.45) is 11.7. The Kier molecular flexibility index (Phi) is 38.3. The number of amides is 9. The lowest BCUT2D eigenvalue weighted by Gasteiger charge is -2.28. The van der Waals surface area contributed by atoms with Gasteiger partial charge in [-0.3, -0.25) is 81.6 Å². The fourth-order valence-electron chi connectivity index (χ4n) is 12.8. The number of aliphatic imine (C=N–C) groups is 4. The van der Waals surface area contributed by atoms with E-state index in [4.69, 9.17) is 49.9 Å². The number of hydrogen-bond acceptors (Lipinski definition) is 21. The molecule has 115 heavy (non-hydrogen) atoms. The zero-order chi connectivity index (χ0) is 85.3. The first kappa shape index (κ1) is 95.2. The summed E-state index contributed by atoms with van der Waals surface area (Å²) in [6.45, 7) is 14.6. The fraction of sp³-hybridized carbons (Fsp3) is 0.506. The van der Waals surface area contributed by atoms with Crippen LogP contribution in [0.4, 0.5) is 5.69 Å². The molecule has 7 atom stereocenters. The molecular formula is C77H112N19O16S3-. The number of ketones is 1. The predicted molar refractivity (Wildman–Crippen MR) is 441 cm³/mol. The van der Waals surface area contributed by atoms with E-state index < -0.39 is 121 Å². The highest BCUT2D eigenvalue weighted by atomic mass is 32.2. The average molecular weight is 1660 g/mol. The van der Waals surface area contributed by atoms with Gasteiger partial charge in [0, 0.05) is 122 Å². The molecule has 1 fully saturated rings. The number of likely N-dealkylation sites (tertiary alicyclic amines) is 1. The van der Waals surface area contributed by atoms with Crippen LogP contribution in [0.15, 0.2) is 127 Å². The zero-order valence-electron chi connectivity index (χ0n) is 66.4. The fourth-order valence-corrected chi connectivity index (χ4v) is 14.9. The van der Waals surface area contributed by atoms with Gasteiger partial charge in [-0.25, -0.2) is 0 Å². The van der Waals surface area contributed by atoms with Gasteiger partial charge in [0.15, 0.2) is 23.7 Å².